The number of hydrogen-bond acceptors (Lipinski definition) is 2. The van der Waals surface area contributed by atoms with Crippen LogP contribution in [0.5, 0.6) is 0 Å². The molecule has 0 fully saturated rings. The lowest BCUT2D eigenvalue weighted by Crippen LogP contribution is -2.13. The van der Waals surface area contributed by atoms with Gasteiger partial charge in [-0.2, -0.15) is 0 Å². The van der Waals surface area contributed by atoms with E-state index in [0.29, 0.717) is 5.15 Å². The lowest BCUT2D eigenvalue weighted by atomic mass is 9.96. The summed E-state index contributed by atoms with van der Waals surface area (Å²) in [7, 11) is 0. The van der Waals surface area contributed by atoms with Crippen molar-refractivity contribution in [2.45, 2.75) is 40.0 Å². The summed E-state index contributed by atoms with van der Waals surface area (Å²) in [6, 6.07) is 2.02. The van der Waals surface area contributed by atoms with E-state index in [1.807, 2.05) is 19.9 Å². The molecule has 0 spiro atoms. The molecule has 86 valence electrons. The second-order valence-corrected chi connectivity index (χ2v) is 5.56. The van der Waals surface area contributed by atoms with Crippen LogP contribution in [-0.4, -0.2) is 14.6 Å². The van der Waals surface area contributed by atoms with E-state index >= 15 is 0 Å². The van der Waals surface area contributed by atoms with Crippen LogP contribution < -0.4 is 0 Å². The van der Waals surface area contributed by atoms with E-state index in [-0.39, 0.29) is 5.41 Å². The molecule has 2 rings (SSSR count). The molecule has 0 saturated carbocycles. The molecule has 2 aromatic rings. The molecule has 0 aliphatic rings. The number of fused-ring (bicyclic) bond motifs is 1. The maximum Gasteiger partial charge on any atom is 0.157 e. The molecule has 0 aromatic carbocycles. The number of rotatable bonds is 0. The van der Waals surface area contributed by atoms with Gasteiger partial charge in [0.1, 0.15) is 5.15 Å². The molecule has 0 N–H and O–H groups in total. The van der Waals surface area contributed by atoms with Crippen molar-refractivity contribution in [1.29, 1.82) is 0 Å². The van der Waals surface area contributed by atoms with Crippen molar-refractivity contribution in [3.05, 3.63) is 28.2 Å². The highest BCUT2D eigenvalue weighted by Crippen LogP contribution is 2.24. The normalized spacial score (nSPS) is 12.4. The highest BCUT2D eigenvalue weighted by molar-refractivity contribution is 6.30. The third-order valence-corrected chi connectivity index (χ3v) is 3.18. The largest absolute Gasteiger partial charge is 0.211 e. The van der Waals surface area contributed by atoms with Gasteiger partial charge in [0.25, 0.3) is 0 Å². The van der Waals surface area contributed by atoms with Gasteiger partial charge >= 0.3 is 0 Å². The quantitative estimate of drug-likeness (QED) is 0.658. The van der Waals surface area contributed by atoms with Crippen LogP contribution in [0.2, 0.25) is 5.15 Å². The number of hydrogen-bond donors (Lipinski definition) is 0. The fraction of sp³-hybridized carbons (Fsp3) is 0.500. The Labute approximate surface area is 100 Å². The number of halogens is 1. The van der Waals surface area contributed by atoms with Gasteiger partial charge in [0.15, 0.2) is 11.5 Å². The monoisotopic (exact) mass is 237 g/mol. The van der Waals surface area contributed by atoms with Crippen LogP contribution in [0.15, 0.2) is 6.07 Å². The Morgan fingerprint density at radius 2 is 1.88 bits per heavy atom. The number of aromatic nitrogens is 3. The van der Waals surface area contributed by atoms with E-state index < -0.39 is 0 Å². The third kappa shape index (κ3) is 1.69. The summed E-state index contributed by atoms with van der Waals surface area (Å²) in [5, 5.41) is 5.11. The summed E-state index contributed by atoms with van der Waals surface area (Å²) < 4.78 is 1.71. The number of aryl methyl sites for hydroxylation is 1. The summed E-state index contributed by atoms with van der Waals surface area (Å²) in [6.07, 6.45) is 0. The molecule has 2 heterocycles. The Bertz CT molecular complexity index is 549. The molecule has 0 amide bonds. The summed E-state index contributed by atoms with van der Waals surface area (Å²) in [4.78, 5) is 4.51. The Morgan fingerprint density at radius 1 is 1.25 bits per heavy atom. The van der Waals surface area contributed by atoms with Crippen LogP contribution in [0, 0.1) is 13.8 Å². The van der Waals surface area contributed by atoms with Gasteiger partial charge in [-0.05, 0) is 31.0 Å². The maximum absolute atomic E-state index is 6.26. The molecule has 3 nitrogen and oxygen atoms in total. The van der Waals surface area contributed by atoms with Crippen molar-refractivity contribution in [2.75, 3.05) is 0 Å². The van der Waals surface area contributed by atoms with Crippen molar-refractivity contribution in [3.8, 4) is 0 Å². The van der Waals surface area contributed by atoms with Gasteiger partial charge in [-0.1, -0.05) is 32.4 Å². The summed E-state index contributed by atoms with van der Waals surface area (Å²) in [5.74, 6) is 0.819. The highest BCUT2D eigenvalue weighted by atomic mass is 35.5. The Balaban J connectivity index is 2.77. The highest BCUT2D eigenvalue weighted by Gasteiger charge is 2.21. The molecule has 0 aliphatic heterocycles. The summed E-state index contributed by atoms with van der Waals surface area (Å²) >= 11 is 6.26. The Kier molecular flexibility index (Phi) is 2.46. The maximum atomic E-state index is 6.26. The van der Waals surface area contributed by atoms with E-state index in [9.17, 15) is 0 Å². The van der Waals surface area contributed by atoms with Gasteiger partial charge in [0, 0.05) is 5.41 Å². The van der Waals surface area contributed by atoms with Gasteiger partial charge in [-0.25, -0.2) is 9.50 Å². The lowest BCUT2D eigenvalue weighted by molar-refractivity contribution is 0.545. The molecule has 0 aliphatic carbocycles. The van der Waals surface area contributed by atoms with E-state index in [2.05, 4.69) is 30.9 Å². The molecule has 0 atom stereocenters. The second-order valence-electron chi connectivity index (χ2n) is 5.20. The van der Waals surface area contributed by atoms with Crippen molar-refractivity contribution in [3.63, 3.8) is 0 Å². The van der Waals surface area contributed by atoms with Gasteiger partial charge in [0.05, 0.1) is 0 Å². The van der Waals surface area contributed by atoms with Crippen LogP contribution in [0.3, 0.4) is 0 Å². The van der Waals surface area contributed by atoms with Crippen molar-refractivity contribution >= 4 is 17.2 Å². The van der Waals surface area contributed by atoms with Crippen molar-refractivity contribution in [2.24, 2.45) is 0 Å². The van der Waals surface area contributed by atoms with Gasteiger partial charge in [-0.15, -0.1) is 5.10 Å². The van der Waals surface area contributed by atoms with E-state index in [4.69, 9.17) is 11.6 Å². The lowest BCUT2D eigenvalue weighted by Gasteiger charge is -2.11. The second kappa shape index (κ2) is 3.45. The first-order valence-corrected chi connectivity index (χ1v) is 5.71. The fourth-order valence-corrected chi connectivity index (χ4v) is 1.78. The van der Waals surface area contributed by atoms with Crippen LogP contribution in [0.25, 0.3) is 5.65 Å². The predicted molar refractivity (Wildman–Crippen MR) is 66.2 cm³/mol. The minimum Gasteiger partial charge on any atom is -0.211 e. The van der Waals surface area contributed by atoms with Gasteiger partial charge < -0.3 is 0 Å². The first-order valence-electron chi connectivity index (χ1n) is 5.33. The molecule has 2 aromatic heterocycles. The van der Waals surface area contributed by atoms with Crippen LogP contribution in [-0.2, 0) is 5.41 Å². The number of pyridine rings is 1. The van der Waals surface area contributed by atoms with E-state index in [0.717, 1.165) is 22.6 Å². The average molecular weight is 238 g/mol. The molecule has 0 unspecified atom stereocenters. The molecule has 4 heteroatoms. The SMILES string of the molecule is Cc1cc2nc(C(C)(C)C)nn2c(Cl)c1C. The zero-order valence-electron chi connectivity index (χ0n) is 10.3. The zero-order chi connectivity index (χ0) is 12.1. The first kappa shape index (κ1) is 11.4. The molecular weight excluding hydrogens is 222 g/mol. The average Bonchev–Trinajstić information content (AvgIpc) is 2.57. The van der Waals surface area contributed by atoms with Crippen molar-refractivity contribution < 1.29 is 0 Å². The summed E-state index contributed by atoms with van der Waals surface area (Å²) in [5.41, 5.74) is 2.96. The van der Waals surface area contributed by atoms with E-state index in [1.54, 1.807) is 4.52 Å². The Morgan fingerprint density at radius 3 is 2.44 bits per heavy atom. The van der Waals surface area contributed by atoms with Crippen LogP contribution in [0.1, 0.15) is 37.7 Å². The molecule has 0 radical (unpaired) electrons. The molecule has 0 bridgehead atoms. The van der Waals surface area contributed by atoms with E-state index in [1.165, 1.54) is 0 Å². The fourth-order valence-electron chi connectivity index (χ4n) is 1.50. The number of nitrogens with zero attached hydrogens (tertiary/aromatic N) is 3. The minimum absolute atomic E-state index is 0.0584. The van der Waals surface area contributed by atoms with Crippen LogP contribution >= 0.6 is 11.6 Å². The molecule has 16 heavy (non-hydrogen) atoms. The van der Waals surface area contributed by atoms with Crippen LogP contribution in [0.4, 0.5) is 0 Å². The molecular formula is C12H16ClN3. The van der Waals surface area contributed by atoms with Gasteiger partial charge in [0.2, 0.25) is 0 Å². The minimum atomic E-state index is -0.0584. The van der Waals surface area contributed by atoms with Crippen molar-refractivity contribution in [1.82, 2.24) is 14.6 Å². The third-order valence-electron chi connectivity index (χ3n) is 2.74. The smallest absolute Gasteiger partial charge is 0.157 e. The van der Waals surface area contributed by atoms with Gasteiger partial charge in [-0.3, -0.25) is 0 Å². The zero-order valence-corrected chi connectivity index (χ0v) is 11.1. The molecule has 0 saturated heterocycles. The topological polar surface area (TPSA) is 30.2 Å². The first-order chi connectivity index (χ1) is 7.30. The standard InChI is InChI=1S/C12H16ClN3/c1-7-6-9-14-11(12(3,4)5)15-16(9)10(13)8(7)2/h6H,1-5H3. The summed E-state index contributed by atoms with van der Waals surface area (Å²) in [6.45, 7) is 10.3. The Hall–Kier alpha value is -1.09. The predicted octanol–water partition coefficient (Wildman–Crippen LogP) is 3.30.